The van der Waals surface area contributed by atoms with Crippen LogP contribution in [0.15, 0.2) is 89.9 Å². The lowest BCUT2D eigenvalue weighted by Gasteiger charge is -2.26. The third-order valence-corrected chi connectivity index (χ3v) is 5.64. The Morgan fingerprint density at radius 3 is 2.38 bits per heavy atom. The Kier molecular flexibility index (Phi) is 7.88. The number of carbonyl (C=O) groups is 2. The number of rotatable bonds is 9. The molecule has 2 N–H and O–H groups in total. The highest BCUT2D eigenvalue weighted by Gasteiger charge is 2.25. The summed E-state index contributed by atoms with van der Waals surface area (Å²) in [6.45, 7) is 4.23. The highest BCUT2D eigenvalue weighted by Crippen LogP contribution is 2.31. The van der Waals surface area contributed by atoms with Gasteiger partial charge in [0.1, 0.15) is 30.1 Å². The number of aromatic nitrogens is 1. The molecule has 8 heteroatoms. The summed E-state index contributed by atoms with van der Waals surface area (Å²) in [7, 11) is 1.52. The first-order chi connectivity index (χ1) is 17.8. The number of hydrogen-bond donors (Lipinski definition) is 2. The van der Waals surface area contributed by atoms with Gasteiger partial charge in [-0.15, -0.1) is 0 Å². The molecular weight excluding hydrogens is 470 g/mol. The van der Waals surface area contributed by atoms with Crippen LogP contribution >= 0.6 is 0 Å². The van der Waals surface area contributed by atoms with Crippen molar-refractivity contribution in [2.45, 2.75) is 32.4 Å². The molecule has 190 valence electrons. The molecular formula is C29H29N3O5. The average Bonchev–Trinajstić information content (AvgIpc) is 3.43. The van der Waals surface area contributed by atoms with Crippen LogP contribution in [0.1, 0.15) is 25.0 Å². The smallest absolute Gasteiger partial charge is 0.313 e. The van der Waals surface area contributed by atoms with Crippen molar-refractivity contribution in [3.63, 3.8) is 0 Å². The van der Waals surface area contributed by atoms with Gasteiger partial charge in [0.15, 0.2) is 6.39 Å². The Hall–Kier alpha value is -4.59. The van der Waals surface area contributed by atoms with Gasteiger partial charge in [0.25, 0.3) is 0 Å². The van der Waals surface area contributed by atoms with E-state index in [-0.39, 0.29) is 0 Å². The van der Waals surface area contributed by atoms with Gasteiger partial charge in [-0.2, -0.15) is 0 Å². The number of ether oxygens (including phenoxy) is 2. The number of nitrogens with one attached hydrogen (secondary N) is 2. The highest BCUT2D eigenvalue weighted by molar-refractivity contribution is 6.39. The maximum Gasteiger partial charge on any atom is 0.313 e. The second-order valence-electron chi connectivity index (χ2n) is 9.18. The van der Waals surface area contributed by atoms with E-state index in [0.717, 1.165) is 16.9 Å². The van der Waals surface area contributed by atoms with Crippen LogP contribution in [-0.2, 0) is 22.6 Å². The van der Waals surface area contributed by atoms with Gasteiger partial charge in [0.2, 0.25) is 0 Å². The summed E-state index contributed by atoms with van der Waals surface area (Å²) in [4.78, 5) is 29.3. The monoisotopic (exact) mass is 499 g/mol. The fourth-order valence-corrected chi connectivity index (χ4v) is 3.88. The minimum absolute atomic E-state index is 0.424. The molecule has 0 atom stereocenters. The summed E-state index contributed by atoms with van der Waals surface area (Å²) < 4.78 is 16.3. The van der Waals surface area contributed by atoms with E-state index in [1.54, 1.807) is 18.2 Å². The number of hydrogen-bond acceptors (Lipinski definition) is 6. The van der Waals surface area contributed by atoms with Crippen LogP contribution < -0.4 is 20.1 Å². The van der Waals surface area contributed by atoms with Crippen LogP contribution in [0.25, 0.3) is 11.3 Å². The second kappa shape index (κ2) is 11.4. The summed E-state index contributed by atoms with van der Waals surface area (Å²) >= 11 is 0. The Morgan fingerprint density at radius 2 is 1.70 bits per heavy atom. The molecule has 0 aliphatic rings. The fraction of sp³-hybridized carbons (Fsp3) is 0.207. The van der Waals surface area contributed by atoms with Crippen LogP contribution in [0.4, 0.5) is 5.69 Å². The number of methoxy groups -OCH3 is 1. The molecule has 37 heavy (non-hydrogen) atoms. The van der Waals surface area contributed by atoms with Crippen molar-refractivity contribution in [1.82, 2.24) is 10.3 Å². The predicted molar refractivity (Wildman–Crippen MR) is 140 cm³/mol. The number of carbonyl (C=O) groups excluding carboxylic acids is 2. The summed E-state index contributed by atoms with van der Waals surface area (Å²) in [5.74, 6) is -0.246. The van der Waals surface area contributed by atoms with E-state index in [9.17, 15) is 9.59 Å². The highest BCUT2D eigenvalue weighted by atomic mass is 16.5. The lowest BCUT2D eigenvalue weighted by atomic mass is 9.94. The first-order valence-corrected chi connectivity index (χ1v) is 11.8. The Morgan fingerprint density at radius 1 is 0.946 bits per heavy atom. The third-order valence-electron chi connectivity index (χ3n) is 5.64. The summed E-state index contributed by atoms with van der Waals surface area (Å²) in [6.07, 6.45) is 3.35. The van der Waals surface area contributed by atoms with Crippen LogP contribution in [-0.4, -0.2) is 29.4 Å². The molecule has 0 radical (unpaired) electrons. The number of oxazole rings is 1. The standard InChI is InChI=1S/C29H29N3O5/c1-29(2,16-20-9-12-23(13-10-20)37-17-21-7-5-4-6-8-21)32-28(34)27(33)31-22-11-14-24(26(15-22)35-3)25-18-36-19-30-25/h4-15,18-19H,16-17H2,1-3H3,(H,31,33)(H,32,34). The second-order valence-corrected chi connectivity index (χ2v) is 9.18. The van der Waals surface area contributed by atoms with E-state index in [2.05, 4.69) is 15.6 Å². The Balaban J connectivity index is 1.31. The number of benzene rings is 3. The number of anilines is 1. The fourth-order valence-electron chi connectivity index (χ4n) is 3.88. The molecule has 0 bridgehead atoms. The molecule has 0 unspecified atom stereocenters. The molecule has 0 saturated heterocycles. The third kappa shape index (κ3) is 6.98. The van der Waals surface area contributed by atoms with E-state index in [0.29, 0.717) is 35.7 Å². The molecule has 0 saturated carbocycles. The molecule has 0 aliphatic heterocycles. The molecule has 0 spiro atoms. The molecule has 0 fully saturated rings. The minimum atomic E-state index is -0.769. The van der Waals surface area contributed by atoms with Crippen LogP contribution in [0, 0.1) is 0 Å². The van der Waals surface area contributed by atoms with E-state index in [4.69, 9.17) is 13.9 Å². The Labute approximate surface area is 215 Å². The lowest BCUT2D eigenvalue weighted by Crippen LogP contribution is -2.49. The van der Waals surface area contributed by atoms with Crippen molar-refractivity contribution in [2.24, 2.45) is 0 Å². The molecule has 2 amide bonds. The van der Waals surface area contributed by atoms with E-state index < -0.39 is 17.4 Å². The predicted octanol–water partition coefficient (Wildman–Crippen LogP) is 5.01. The first kappa shape index (κ1) is 25.5. The van der Waals surface area contributed by atoms with E-state index in [1.807, 2.05) is 68.4 Å². The van der Waals surface area contributed by atoms with E-state index >= 15 is 0 Å². The van der Waals surface area contributed by atoms with Gasteiger partial charge in [0, 0.05) is 22.9 Å². The SMILES string of the molecule is COc1cc(NC(=O)C(=O)NC(C)(C)Cc2ccc(OCc3ccccc3)cc2)ccc1-c1cocn1. The normalized spacial score (nSPS) is 11.0. The molecule has 1 heterocycles. The number of amides is 2. The molecule has 4 rings (SSSR count). The molecule has 1 aromatic heterocycles. The van der Waals surface area contributed by atoms with Gasteiger partial charge >= 0.3 is 11.8 Å². The van der Waals surface area contributed by atoms with Gasteiger partial charge in [-0.05, 0) is 55.7 Å². The average molecular weight is 500 g/mol. The molecule has 4 aromatic rings. The largest absolute Gasteiger partial charge is 0.496 e. The first-order valence-electron chi connectivity index (χ1n) is 11.8. The van der Waals surface area contributed by atoms with Crippen molar-refractivity contribution in [3.05, 3.63) is 96.6 Å². The number of nitrogens with zero attached hydrogens (tertiary/aromatic N) is 1. The van der Waals surface area contributed by atoms with Gasteiger partial charge in [-0.1, -0.05) is 42.5 Å². The van der Waals surface area contributed by atoms with Crippen LogP contribution in [0.2, 0.25) is 0 Å². The van der Waals surface area contributed by atoms with Crippen molar-refractivity contribution in [1.29, 1.82) is 0 Å². The van der Waals surface area contributed by atoms with Gasteiger partial charge < -0.3 is 24.5 Å². The zero-order chi connectivity index (χ0) is 26.3. The van der Waals surface area contributed by atoms with E-state index in [1.165, 1.54) is 19.8 Å². The maximum atomic E-state index is 12.6. The topological polar surface area (TPSA) is 103 Å². The zero-order valence-corrected chi connectivity index (χ0v) is 21.0. The van der Waals surface area contributed by atoms with Gasteiger partial charge in [0.05, 0.1) is 7.11 Å². The van der Waals surface area contributed by atoms with Crippen molar-refractivity contribution >= 4 is 17.5 Å². The summed E-state index contributed by atoms with van der Waals surface area (Å²) in [5.41, 5.74) is 3.17. The van der Waals surface area contributed by atoms with Gasteiger partial charge in [-0.25, -0.2) is 4.98 Å². The Bertz CT molecular complexity index is 1330. The summed E-state index contributed by atoms with van der Waals surface area (Å²) in [6, 6.07) is 22.7. The van der Waals surface area contributed by atoms with Crippen LogP contribution in [0.5, 0.6) is 11.5 Å². The lowest BCUT2D eigenvalue weighted by molar-refractivity contribution is -0.137. The van der Waals surface area contributed by atoms with Crippen LogP contribution in [0.3, 0.4) is 0 Å². The molecule has 0 aliphatic carbocycles. The zero-order valence-electron chi connectivity index (χ0n) is 21.0. The summed E-state index contributed by atoms with van der Waals surface area (Å²) in [5, 5.41) is 5.43. The van der Waals surface area contributed by atoms with Crippen molar-refractivity contribution < 1.29 is 23.5 Å². The maximum absolute atomic E-state index is 12.6. The molecule has 8 nitrogen and oxygen atoms in total. The minimum Gasteiger partial charge on any atom is -0.496 e. The van der Waals surface area contributed by atoms with Crippen molar-refractivity contribution in [3.8, 4) is 22.8 Å². The molecule has 3 aromatic carbocycles. The van der Waals surface area contributed by atoms with Gasteiger partial charge in [-0.3, -0.25) is 9.59 Å². The quantitative estimate of drug-likeness (QED) is 0.314. The van der Waals surface area contributed by atoms with Crippen molar-refractivity contribution in [2.75, 3.05) is 12.4 Å².